The van der Waals surface area contributed by atoms with Gasteiger partial charge in [0.15, 0.2) is 5.96 Å². The van der Waals surface area contributed by atoms with E-state index in [1.807, 2.05) is 7.05 Å². The lowest BCUT2D eigenvalue weighted by molar-refractivity contribution is 0.253. The van der Waals surface area contributed by atoms with Crippen LogP contribution in [0.4, 0.5) is 5.69 Å². The third-order valence-corrected chi connectivity index (χ3v) is 5.95. The average molecular weight is 555 g/mol. The van der Waals surface area contributed by atoms with Crippen LogP contribution >= 0.6 is 24.0 Å². The number of anilines is 1. The van der Waals surface area contributed by atoms with Crippen LogP contribution in [0.3, 0.4) is 0 Å². The summed E-state index contributed by atoms with van der Waals surface area (Å²) in [6, 6.07) is 10.7. The molecular weight excluding hydrogens is 515 g/mol. The molecule has 0 radical (unpaired) electrons. The van der Waals surface area contributed by atoms with Crippen LogP contribution in [0.2, 0.25) is 0 Å². The molecule has 1 saturated heterocycles. The topological polar surface area (TPSA) is 68.9 Å². The van der Waals surface area contributed by atoms with Crippen LogP contribution in [0.15, 0.2) is 39.8 Å². The first kappa shape index (κ1) is 26.4. The molecule has 7 nitrogen and oxygen atoms in total. The monoisotopic (exact) mass is 554 g/mol. The van der Waals surface area contributed by atoms with Crippen molar-refractivity contribution < 1.29 is 4.52 Å². The summed E-state index contributed by atoms with van der Waals surface area (Å²) < 4.78 is 5.45. The number of nitrogens with zero attached hydrogens (tertiary/aromatic N) is 4. The van der Waals surface area contributed by atoms with Crippen LogP contribution in [-0.2, 0) is 19.4 Å². The second-order valence-electron chi connectivity index (χ2n) is 7.96. The standard InChI is InChI=1S/C24H38N6O.HI/c1-4-22-21(23(5-2)31-28-22)19-27-24(25-3)26-13-9-10-14-29-15-17-30(18-16-29)20-11-7-6-8-12-20;/h6-8,11-12H,4-5,9-10,13-19H2,1-3H3,(H2,25,26,27);1H. The zero-order chi connectivity index (χ0) is 21.9. The van der Waals surface area contributed by atoms with Crippen LogP contribution in [0, 0.1) is 0 Å². The lowest BCUT2D eigenvalue weighted by Crippen LogP contribution is -2.46. The number of aryl methyl sites for hydroxylation is 2. The number of halogens is 1. The van der Waals surface area contributed by atoms with Crippen molar-refractivity contribution in [3.8, 4) is 0 Å². The maximum atomic E-state index is 5.45. The van der Waals surface area contributed by atoms with Gasteiger partial charge in [-0.25, -0.2) is 0 Å². The Morgan fingerprint density at radius 3 is 2.44 bits per heavy atom. The summed E-state index contributed by atoms with van der Waals surface area (Å²) >= 11 is 0. The van der Waals surface area contributed by atoms with Crippen molar-refractivity contribution in [3.05, 3.63) is 47.3 Å². The summed E-state index contributed by atoms with van der Waals surface area (Å²) in [6.45, 7) is 11.5. The maximum Gasteiger partial charge on any atom is 0.191 e. The molecule has 1 aliphatic heterocycles. The highest BCUT2D eigenvalue weighted by Crippen LogP contribution is 2.16. The molecule has 0 atom stereocenters. The lowest BCUT2D eigenvalue weighted by atomic mass is 10.1. The van der Waals surface area contributed by atoms with E-state index in [9.17, 15) is 0 Å². The predicted molar refractivity (Wildman–Crippen MR) is 143 cm³/mol. The van der Waals surface area contributed by atoms with Gasteiger partial charge < -0.3 is 20.1 Å². The molecule has 8 heteroatoms. The first-order chi connectivity index (χ1) is 15.2. The van der Waals surface area contributed by atoms with Gasteiger partial charge in [-0.3, -0.25) is 9.89 Å². The van der Waals surface area contributed by atoms with Gasteiger partial charge in [0.2, 0.25) is 0 Å². The van der Waals surface area contributed by atoms with Gasteiger partial charge in [-0.2, -0.15) is 0 Å². The Labute approximate surface area is 210 Å². The number of guanidine groups is 1. The van der Waals surface area contributed by atoms with E-state index in [2.05, 4.69) is 74.8 Å². The van der Waals surface area contributed by atoms with Gasteiger partial charge in [0.05, 0.1) is 5.69 Å². The number of hydrogen-bond acceptors (Lipinski definition) is 5. The summed E-state index contributed by atoms with van der Waals surface area (Å²) in [5.74, 6) is 1.80. The maximum absolute atomic E-state index is 5.45. The van der Waals surface area contributed by atoms with Crippen molar-refractivity contribution in [1.29, 1.82) is 0 Å². The van der Waals surface area contributed by atoms with E-state index >= 15 is 0 Å². The number of aromatic nitrogens is 1. The number of rotatable bonds is 10. The molecule has 2 aromatic rings. The first-order valence-electron chi connectivity index (χ1n) is 11.7. The van der Waals surface area contributed by atoms with E-state index < -0.39 is 0 Å². The van der Waals surface area contributed by atoms with Crippen molar-refractivity contribution >= 4 is 35.6 Å². The summed E-state index contributed by atoms with van der Waals surface area (Å²) in [5.41, 5.74) is 3.54. The van der Waals surface area contributed by atoms with Gasteiger partial charge in [0, 0.05) is 64.0 Å². The number of unbranched alkanes of at least 4 members (excludes halogenated alkanes) is 1. The van der Waals surface area contributed by atoms with Crippen molar-refractivity contribution in [1.82, 2.24) is 20.7 Å². The van der Waals surface area contributed by atoms with Gasteiger partial charge in [0.25, 0.3) is 0 Å². The molecule has 1 aliphatic rings. The smallest absolute Gasteiger partial charge is 0.191 e. The highest BCUT2D eigenvalue weighted by atomic mass is 127. The zero-order valence-corrected chi connectivity index (χ0v) is 22.1. The fraction of sp³-hybridized carbons (Fsp3) is 0.583. The van der Waals surface area contributed by atoms with Crippen LogP contribution < -0.4 is 15.5 Å². The molecule has 1 aromatic heterocycles. The molecule has 32 heavy (non-hydrogen) atoms. The Morgan fingerprint density at radius 1 is 1.03 bits per heavy atom. The molecule has 0 bridgehead atoms. The van der Waals surface area contributed by atoms with Gasteiger partial charge in [-0.05, 0) is 37.9 Å². The molecule has 3 rings (SSSR count). The van der Waals surface area contributed by atoms with Crippen molar-refractivity contribution in [3.63, 3.8) is 0 Å². The van der Waals surface area contributed by atoms with E-state index in [4.69, 9.17) is 4.52 Å². The Hall–Kier alpha value is -1.81. The van der Waals surface area contributed by atoms with Crippen molar-refractivity contribution in [2.75, 3.05) is 51.2 Å². The number of hydrogen-bond donors (Lipinski definition) is 2. The molecule has 0 unspecified atom stereocenters. The quantitative estimate of drug-likeness (QED) is 0.202. The number of para-hydroxylation sites is 1. The van der Waals surface area contributed by atoms with Crippen molar-refractivity contribution in [2.45, 2.75) is 46.1 Å². The predicted octanol–water partition coefficient (Wildman–Crippen LogP) is 3.68. The molecule has 0 amide bonds. The van der Waals surface area contributed by atoms with Crippen LogP contribution in [0.5, 0.6) is 0 Å². The number of aliphatic imine (C=N–C) groups is 1. The Kier molecular flexibility index (Phi) is 11.9. The van der Waals surface area contributed by atoms with Crippen molar-refractivity contribution in [2.24, 2.45) is 4.99 Å². The summed E-state index contributed by atoms with van der Waals surface area (Å²) in [5, 5.41) is 11.0. The zero-order valence-electron chi connectivity index (χ0n) is 19.8. The second kappa shape index (κ2) is 14.4. The SMILES string of the molecule is CCc1noc(CC)c1CNC(=NC)NCCCCN1CCN(c2ccccc2)CC1.I. The number of nitrogens with one attached hydrogen (secondary N) is 2. The minimum Gasteiger partial charge on any atom is -0.369 e. The molecule has 178 valence electrons. The van der Waals surface area contributed by atoms with E-state index in [0.717, 1.165) is 75.9 Å². The molecule has 0 aliphatic carbocycles. The third-order valence-electron chi connectivity index (χ3n) is 5.95. The van der Waals surface area contributed by atoms with E-state index in [0.29, 0.717) is 6.54 Å². The van der Waals surface area contributed by atoms with Gasteiger partial charge >= 0.3 is 0 Å². The molecule has 0 saturated carbocycles. The summed E-state index contributed by atoms with van der Waals surface area (Å²) in [7, 11) is 1.82. The van der Waals surface area contributed by atoms with Gasteiger partial charge in [-0.15, -0.1) is 24.0 Å². The minimum absolute atomic E-state index is 0. The highest BCUT2D eigenvalue weighted by Gasteiger charge is 2.16. The van der Waals surface area contributed by atoms with E-state index in [-0.39, 0.29) is 24.0 Å². The van der Waals surface area contributed by atoms with E-state index in [1.54, 1.807) is 0 Å². The average Bonchev–Trinajstić information content (AvgIpc) is 3.23. The molecule has 0 spiro atoms. The number of benzene rings is 1. The number of piperazine rings is 1. The Balaban J connectivity index is 0.00000363. The molecule has 2 heterocycles. The molecular formula is C24H39IN6O. The molecule has 1 aromatic carbocycles. The van der Waals surface area contributed by atoms with Gasteiger partial charge in [0.1, 0.15) is 5.76 Å². The second-order valence-corrected chi connectivity index (χ2v) is 7.96. The van der Waals surface area contributed by atoms with E-state index in [1.165, 1.54) is 17.7 Å². The largest absolute Gasteiger partial charge is 0.369 e. The normalized spacial score (nSPS) is 14.8. The summed E-state index contributed by atoms with van der Waals surface area (Å²) in [4.78, 5) is 9.41. The minimum atomic E-state index is 0. The van der Waals surface area contributed by atoms with Crippen LogP contribution in [-0.4, -0.2) is 62.3 Å². The molecule has 1 fully saturated rings. The third kappa shape index (κ3) is 7.65. The van der Waals surface area contributed by atoms with Crippen LogP contribution in [0.25, 0.3) is 0 Å². The van der Waals surface area contributed by atoms with Crippen LogP contribution in [0.1, 0.15) is 43.7 Å². The lowest BCUT2D eigenvalue weighted by Gasteiger charge is -2.36. The Morgan fingerprint density at radius 2 is 1.78 bits per heavy atom. The fourth-order valence-electron chi connectivity index (χ4n) is 4.07. The summed E-state index contributed by atoms with van der Waals surface area (Å²) in [6.07, 6.45) is 4.07. The first-order valence-corrected chi connectivity index (χ1v) is 11.7. The highest BCUT2D eigenvalue weighted by molar-refractivity contribution is 14.0. The molecule has 2 N–H and O–H groups in total. The van der Waals surface area contributed by atoms with Gasteiger partial charge in [-0.1, -0.05) is 37.2 Å². The fourth-order valence-corrected chi connectivity index (χ4v) is 4.07. The Bertz CT molecular complexity index is 781.